The van der Waals surface area contributed by atoms with E-state index in [1.54, 1.807) is 66.7 Å². The number of nitrogens with one attached hydrogen (secondary N) is 1. The van der Waals surface area contributed by atoms with E-state index >= 15 is 0 Å². The molecule has 9 heteroatoms. The third-order valence-corrected chi connectivity index (χ3v) is 6.90. The van der Waals surface area contributed by atoms with Crippen molar-refractivity contribution < 1.29 is 17.9 Å². The zero-order valence-corrected chi connectivity index (χ0v) is 20.9. The quantitative estimate of drug-likeness (QED) is 0.229. The van der Waals surface area contributed by atoms with Gasteiger partial charge < -0.3 is 4.74 Å². The number of rotatable bonds is 10. The molecule has 176 valence electrons. The fourth-order valence-electron chi connectivity index (χ4n) is 2.97. The average molecular weight is 542 g/mol. The van der Waals surface area contributed by atoms with Crippen LogP contribution in [0, 0.1) is 6.92 Å². The van der Waals surface area contributed by atoms with Gasteiger partial charge in [0.25, 0.3) is 15.9 Å². The maximum absolute atomic E-state index is 13.4. The number of amides is 1. The monoisotopic (exact) mass is 541 g/mol. The summed E-state index contributed by atoms with van der Waals surface area (Å²) in [4.78, 5) is 12.8. The van der Waals surface area contributed by atoms with Gasteiger partial charge in [-0.25, -0.2) is 13.8 Å². The van der Waals surface area contributed by atoms with Crippen LogP contribution in [0.25, 0.3) is 0 Å². The van der Waals surface area contributed by atoms with Gasteiger partial charge in [-0.2, -0.15) is 5.10 Å². The smallest absolute Gasteiger partial charge is 0.264 e. The first-order valence-corrected chi connectivity index (χ1v) is 12.5. The molecule has 0 aliphatic rings. The molecule has 0 aromatic heterocycles. The van der Waals surface area contributed by atoms with Crippen LogP contribution in [0.1, 0.15) is 11.1 Å². The van der Waals surface area contributed by atoms with Crippen molar-refractivity contribution in [2.75, 3.05) is 17.5 Å². The molecule has 0 aliphatic carbocycles. The number of carbonyl (C=O) groups is 1. The number of sulfonamides is 1. The summed E-state index contributed by atoms with van der Waals surface area (Å²) in [5.74, 6) is 0.0474. The summed E-state index contributed by atoms with van der Waals surface area (Å²) in [6.45, 7) is 5.40. The molecule has 0 heterocycles. The lowest BCUT2D eigenvalue weighted by Gasteiger charge is -2.24. The molecule has 0 aliphatic heterocycles. The molecule has 7 nitrogen and oxygen atoms in total. The molecular formula is C25H24BrN3O4S. The number of ether oxygens (including phenoxy) is 1. The van der Waals surface area contributed by atoms with Crippen LogP contribution in [-0.4, -0.2) is 33.7 Å². The van der Waals surface area contributed by atoms with E-state index in [4.69, 9.17) is 4.74 Å². The minimum absolute atomic E-state index is 0.0886. The summed E-state index contributed by atoms with van der Waals surface area (Å²) < 4.78 is 34.0. The van der Waals surface area contributed by atoms with Crippen LogP contribution >= 0.6 is 15.9 Å². The van der Waals surface area contributed by atoms with Crippen molar-refractivity contribution in [2.24, 2.45) is 5.10 Å². The molecule has 0 spiro atoms. The highest BCUT2D eigenvalue weighted by Gasteiger charge is 2.27. The second-order valence-corrected chi connectivity index (χ2v) is 10.0. The average Bonchev–Trinajstić information content (AvgIpc) is 2.81. The summed E-state index contributed by atoms with van der Waals surface area (Å²) in [6, 6.07) is 20.4. The number of hydrazone groups is 1. The first-order valence-electron chi connectivity index (χ1n) is 10.3. The molecule has 0 atom stereocenters. The van der Waals surface area contributed by atoms with E-state index in [9.17, 15) is 13.2 Å². The third kappa shape index (κ3) is 6.79. The van der Waals surface area contributed by atoms with Crippen LogP contribution in [0.5, 0.6) is 5.75 Å². The molecule has 0 saturated heterocycles. The predicted octanol–water partition coefficient (Wildman–Crippen LogP) is 4.67. The number of benzene rings is 3. The third-order valence-electron chi connectivity index (χ3n) is 4.62. The number of anilines is 1. The van der Waals surface area contributed by atoms with Crippen molar-refractivity contribution in [3.05, 3.63) is 101 Å². The predicted molar refractivity (Wildman–Crippen MR) is 138 cm³/mol. The van der Waals surface area contributed by atoms with Gasteiger partial charge in [-0.3, -0.25) is 9.10 Å². The second kappa shape index (κ2) is 11.6. The molecule has 34 heavy (non-hydrogen) atoms. The summed E-state index contributed by atoms with van der Waals surface area (Å²) >= 11 is 3.36. The van der Waals surface area contributed by atoms with Gasteiger partial charge in [0.1, 0.15) is 18.9 Å². The maximum atomic E-state index is 13.4. The lowest BCUT2D eigenvalue weighted by molar-refractivity contribution is -0.119. The van der Waals surface area contributed by atoms with E-state index in [1.165, 1.54) is 18.3 Å². The molecule has 0 saturated carbocycles. The van der Waals surface area contributed by atoms with E-state index in [0.29, 0.717) is 28.1 Å². The molecule has 0 fully saturated rings. The van der Waals surface area contributed by atoms with Gasteiger partial charge in [-0.15, -0.1) is 0 Å². The minimum Gasteiger partial charge on any atom is -0.490 e. The SMILES string of the molecule is C=CCOc1cccc(/C=N\NC(=O)CN(c2cccc(Br)c2)S(=O)(=O)c2ccc(C)cc2)c1. The van der Waals surface area contributed by atoms with Gasteiger partial charge in [-0.1, -0.05) is 64.5 Å². The van der Waals surface area contributed by atoms with E-state index in [0.717, 1.165) is 9.87 Å². The Morgan fingerprint density at radius 3 is 2.56 bits per heavy atom. The molecule has 1 amide bonds. The van der Waals surface area contributed by atoms with Crippen molar-refractivity contribution in [2.45, 2.75) is 11.8 Å². The van der Waals surface area contributed by atoms with Gasteiger partial charge in [0, 0.05) is 4.47 Å². The summed E-state index contributed by atoms with van der Waals surface area (Å²) in [5.41, 5.74) is 4.38. The summed E-state index contributed by atoms with van der Waals surface area (Å²) in [5, 5.41) is 3.96. The number of nitrogens with zero attached hydrogens (tertiary/aromatic N) is 2. The van der Waals surface area contributed by atoms with Crippen molar-refractivity contribution in [3.8, 4) is 5.75 Å². The van der Waals surface area contributed by atoms with E-state index < -0.39 is 22.5 Å². The van der Waals surface area contributed by atoms with Crippen LogP contribution < -0.4 is 14.5 Å². The summed E-state index contributed by atoms with van der Waals surface area (Å²) in [7, 11) is -4.00. The Labute approximate surface area is 207 Å². The summed E-state index contributed by atoms with van der Waals surface area (Å²) in [6.07, 6.45) is 3.10. The zero-order chi connectivity index (χ0) is 24.6. The fraction of sp³-hybridized carbons (Fsp3) is 0.120. The first-order chi connectivity index (χ1) is 16.3. The van der Waals surface area contributed by atoms with Gasteiger partial charge in [0.05, 0.1) is 16.8 Å². The highest BCUT2D eigenvalue weighted by molar-refractivity contribution is 9.10. The van der Waals surface area contributed by atoms with Crippen molar-refractivity contribution >= 4 is 43.8 Å². The molecular weight excluding hydrogens is 518 g/mol. The van der Waals surface area contributed by atoms with Crippen LogP contribution in [0.15, 0.2) is 99.9 Å². The Hall–Kier alpha value is -3.43. The molecule has 0 unspecified atom stereocenters. The topological polar surface area (TPSA) is 88.1 Å². The molecule has 0 radical (unpaired) electrons. The Kier molecular flexibility index (Phi) is 8.61. The number of carbonyl (C=O) groups excluding carboxylic acids is 1. The fourth-order valence-corrected chi connectivity index (χ4v) is 4.77. The zero-order valence-electron chi connectivity index (χ0n) is 18.5. The first kappa shape index (κ1) is 25.2. The minimum atomic E-state index is -4.00. The van der Waals surface area contributed by atoms with Gasteiger partial charge >= 0.3 is 0 Å². The van der Waals surface area contributed by atoms with Crippen LogP contribution in [0.4, 0.5) is 5.69 Å². The molecule has 3 rings (SSSR count). The highest BCUT2D eigenvalue weighted by Crippen LogP contribution is 2.26. The highest BCUT2D eigenvalue weighted by atomic mass is 79.9. The van der Waals surface area contributed by atoms with Crippen molar-refractivity contribution in [3.63, 3.8) is 0 Å². The van der Waals surface area contributed by atoms with E-state index in [2.05, 4.69) is 33.0 Å². The number of hydrogen-bond acceptors (Lipinski definition) is 5. The molecule has 0 bridgehead atoms. The Bertz CT molecular complexity index is 1290. The van der Waals surface area contributed by atoms with E-state index in [1.807, 2.05) is 6.92 Å². The number of aryl methyl sites for hydroxylation is 1. The van der Waals surface area contributed by atoms with Gasteiger partial charge in [-0.05, 0) is 55.0 Å². The van der Waals surface area contributed by atoms with Crippen LogP contribution in [0.3, 0.4) is 0 Å². The number of hydrogen-bond donors (Lipinski definition) is 1. The van der Waals surface area contributed by atoms with Crippen LogP contribution in [-0.2, 0) is 14.8 Å². The van der Waals surface area contributed by atoms with Crippen molar-refractivity contribution in [1.29, 1.82) is 0 Å². The van der Waals surface area contributed by atoms with Gasteiger partial charge in [0.15, 0.2) is 0 Å². The Balaban J connectivity index is 1.79. The largest absolute Gasteiger partial charge is 0.490 e. The lowest BCUT2D eigenvalue weighted by atomic mass is 10.2. The number of halogens is 1. The lowest BCUT2D eigenvalue weighted by Crippen LogP contribution is -2.39. The normalized spacial score (nSPS) is 11.2. The van der Waals surface area contributed by atoms with Crippen molar-refractivity contribution in [1.82, 2.24) is 5.43 Å². The Morgan fingerprint density at radius 1 is 1.12 bits per heavy atom. The second-order valence-electron chi connectivity index (χ2n) is 7.27. The van der Waals surface area contributed by atoms with Gasteiger partial charge in [0.2, 0.25) is 0 Å². The molecule has 1 N–H and O–H groups in total. The van der Waals surface area contributed by atoms with E-state index in [-0.39, 0.29) is 4.90 Å². The molecule has 3 aromatic rings. The molecule has 3 aromatic carbocycles. The standard InChI is InChI=1S/C25H24BrN3O4S/c1-3-14-33-23-9-4-6-20(15-23)17-27-28-25(30)18-29(22-8-5-7-21(26)16-22)34(31,32)24-12-10-19(2)11-13-24/h3-13,15-17H,1,14,18H2,2H3,(H,28,30)/b27-17-. The maximum Gasteiger partial charge on any atom is 0.264 e. The Morgan fingerprint density at radius 2 is 1.85 bits per heavy atom. The van der Waals surface area contributed by atoms with Crippen LogP contribution in [0.2, 0.25) is 0 Å².